The predicted octanol–water partition coefficient (Wildman–Crippen LogP) is 2.07. The highest BCUT2D eigenvalue weighted by Crippen LogP contribution is 2.36. The van der Waals surface area contributed by atoms with E-state index in [0.29, 0.717) is 30.7 Å². The second-order valence-corrected chi connectivity index (χ2v) is 6.83. The molecule has 1 aromatic carbocycles. The van der Waals surface area contributed by atoms with E-state index in [4.69, 9.17) is 4.74 Å². The maximum Gasteiger partial charge on any atom is 0.270 e. The molecule has 1 spiro atoms. The van der Waals surface area contributed by atoms with Crippen molar-refractivity contribution in [3.05, 3.63) is 35.8 Å². The van der Waals surface area contributed by atoms with Gasteiger partial charge in [0.25, 0.3) is 5.91 Å². The zero-order chi connectivity index (χ0) is 16.9. The lowest BCUT2D eigenvalue weighted by molar-refractivity contribution is -0.123. The number of aliphatic hydroxyl groups excluding tert-OH is 1. The largest absolute Gasteiger partial charge is 0.388 e. The Kier molecular flexibility index (Phi) is 3.62. The summed E-state index contributed by atoms with van der Waals surface area (Å²) >= 11 is 0. The number of aliphatic hydroxyl groups is 1. The van der Waals surface area contributed by atoms with Crippen molar-refractivity contribution in [2.45, 2.75) is 31.0 Å². The van der Waals surface area contributed by atoms with Crippen LogP contribution >= 0.6 is 0 Å². The van der Waals surface area contributed by atoms with Gasteiger partial charge in [0.05, 0.1) is 5.60 Å². The molecule has 6 heteroatoms. The SMILES string of the molecule is Cn1c(C(=O)N2CC[C@@]3(CCCO3)[C@@H](O)C2)cc2cc(F)ccc21. The molecule has 0 bridgehead atoms. The average molecular weight is 332 g/mol. The maximum atomic E-state index is 13.4. The van der Waals surface area contributed by atoms with E-state index in [2.05, 4.69) is 0 Å². The van der Waals surface area contributed by atoms with Crippen molar-refractivity contribution in [2.75, 3.05) is 19.7 Å². The molecule has 24 heavy (non-hydrogen) atoms. The van der Waals surface area contributed by atoms with Gasteiger partial charge in [-0.15, -0.1) is 0 Å². The van der Waals surface area contributed by atoms with E-state index in [1.165, 1.54) is 12.1 Å². The number of halogens is 1. The van der Waals surface area contributed by atoms with Crippen molar-refractivity contribution in [1.29, 1.82) is 0 Å². The number of nitrogens with zero attached hydrogens (tertiary/aromatic N) is 2. The lowest BCUT2D eigenvalue weighted by atomic mass is 9.86. The molecule has 2 atom stereocenters. The first-order chi connectivity index (χ1) is 11.5. The lowest BCUT2D eigenvalue weighted by Gasteiger charge is -2.42. The van der Waals surface area contributed by atoms with Crippen LogP contribution in [0.3, 0.4) is 0 Å². The summed E-state index contributed by atoms with van der Waals surface area (Å²) in [4.78, 5) is 14.6. The highest BCUT2D eigenvalue weighted by atomic mass is 19.1. The number of amides is 1. The van der Waals surface area contributed by atoms with Crippen LogP contribution in [0, 0.1) is 5.82 Å². The molecular formula is C18H21FN2O3. The maximum absolute atomic E-state index is 13.4. The van der Waals surface area contributed by atoms with Crippen LogP contribution in [0.2, 0.25) is 0 Å². The molecule has 1 aromatic heterocycles. The fourth-order valence-electron chi connectivity index (χ4n) is 4.01. The number of ether oxygens (including phenoxy) is 1. The molecule has 1 amide bonds. The molecular weight excluding hydrogens is 311 g/mol. The summed E-state index contributed by atoms with van der Waals surface area (Å²) in [5.41, 5.74) is 0.845. The number of piperidine rings is 1. The van der Waals surface area contributed by atoms with E-state index >= 15 is 0 Å². The topological polar surface area (TPSA) is 54.7 Å². The summed E-state index contributed by atoms with van der Waals surface area (Å²) in [6.07, 6.45) is 1.80. The summed E-state index contributed by atoms with van der Waals surface area (Å²) in [7, 11) is 1.80. The molecule has 3 heterocycles. The third kappa shape index (κ3) is 2.32. The minimum atomic E-state index is -0.662. The van der Waals surface area contributed by atoms with Crippen LogP contribution in [0.4, 0.5) is 4.39 Å². The summed E-state index contributed by atoms with van der Waals surface area (Å²) in [5.74, 6) is -0.457. The Hall–Kier alpha value is -1.92. The van der Waals surface area contributed by atoms with Crippen LogP contribution in [0.1, 0.15) is 29.8 Å². The zero-order valence-electron chi connectivity index (χ0n) is 13.7. The number of aromatic nitrogens is 1. The van der Waals surface area contributed by atoms with Crippen molar-refractivity contribution in [3.8, 4) is 0 Å². The second kappa shape index (κ2) is 5.57. The molecule has 0 unspecified atom stereocenters. The number of carbonyl (C=O) groups is 1. The van der Waals surface area contributed by atoms with E-state index in [0.717, 1.165) is 18.4 Å². The van der Waals surface area contributed by atoms with Crippen LogP contribution in [0.15, 0.2) is 24.3 Å². The molecule has 0 radical (unpaired) electrons. The van der Waals surface area contributed by atoms with Crippen LogP contribution in [-0.4, -0.2) is 51.9 Å². The Morgan fingerprint density at radius 1 is 1.38 bits per heavy atom. The zero-order valence-corrected chi connectivity index (χ0v) is 13.7. The summed E-state index contributed by atoms with van der Waals surface area (Å²) < 4.78 is 21.0. The van der Waals surface area contributed by atoms with Crippen LogP contribution < -0.4 is 0 Å². The predicted molar refractivity (Wildman–Crippen MR) is 87.3 cm³/mol. The number of benzene rings is 1. The molecule has 2 fully saturated rings. The van der Waals surface area contributed by atoms with Gasteiger partial charge in [-0.05, 0) is 43.5 Å². The quantitative estimate of drug-likeness (QED) is 0.870. The Bertz CT molecular complexity index is 795. The highest BCUT2D eigenvalue weighted by molar-refractivity contribution is 5.98. The second-order valence-electron chi connectivity index (χ2n) is 6.83. The fraction of sp³-hybridized carbons (Fsp3) is 0.500. The van der Waals surface area contributed by atoms with Gasteiger partial charge in [0.15, 0.2) is 0 Å². The molecule has 1 N–H and O–H groups in total. The number of hydrogen-bond acceptors (Lipinski definition) is 3. The minimum absolute atomic E-state index is 0.138. The molecule has 0 aliphatic carbocycles. The fourth-order valence-corrected chi connectivity index (χ4v) is 4.01. The van der Waals surface area contributed by atoms with Gasteiger partial charge in [-0.3, -0.25) is 4.79 Å². The molecule has 2 aliphatic rings. The van der Waals surface area contributed by atoms with Gasteiger partial charge in [0, 0.05) is 37.6 Å². The summed E-state index contributed by atoms with van der Waals surface area (Å²) in [6.45, 7) is 1.51. The van der Waals surface area contributed by atoms with Crippen LogP contribution in [0.5, 0.6) is 0 Å². The first-order valence-electron chi connectivity index (χ1n) is 8.36. The number of β-amino-alcohol motifs (C(OH)–C–C–N with tert-alkyl or cyclic N) is 1. The third-order valence-corrected chi connectivity index (χ3v) is 5.45. The molecule has 2 aromatic rings. The van der Waals surface area contributed by atoms with Gasteiger partial charge >= 0.3 is 0 Å². The van der Waals surface area contributed by atoms with Gasteiger partial charge < -0.3 is 19.3 Å². The van der Waals surface area contributed by atoms with Crippen molar-refractivity contribution in [3.63, 3.8) is 0 Å². The smallest absolute Gasteiger partial charge is 0.270 e. The Labute approximate surface area is 139 Å². The van der Waals surface area contributed by atoms with Gasteiger partial charge in [-0.25, -0.2) is 4.39 Å². The molecule has 2 saturated heterocycles. The van der Waals surface area contributed by atoms with E-state index in [1.807, 2.05) is 0 Å². The monoisotopic (exact) mass is 332 g/mol. The highest BCUT2D eigenvalue weighted by Gasteiger charge is 2.46. The number of carbonyl (C=O) groups excluding carboxylic acids is 1. The van der Waals surface area contributed by atoms with Gasteiger partial charge in [0.1, 0.15) is 17.6 Å². The number of fused-ring (bicyclic) bond motifs is 1. The Morgan fingerprint density at radius 2 is 2.21 bits per heavy atom. The third-order valence-electron chi connectivity index (χ3n) is 5.45. The Balaban J connectivity index is 1.59. The number of rotatable bonds is 1. The van der Waals surface area contributed by atoms with Crippen molar-refractivity contribution >= 4 is 16.8 Å². The van der Waals surface area contributed by atoms with E-state index in [1.54, 1.807) is 28.6 Å². The number of hydrogen-bond donors (Lipinski definition) is 1. The van der Waals surface area contributed by atoms with E-state index in [9.17, 15) is 14.3 Å². The van der Waals surface area contributed by atoms with Crippen LogP contribution in [-0.2, 0) is 11.8 Å². The molecule has 0 saturated carbocycles. The van der Waals surface area contributed by atoms with E-state index < -0.39 is 11.7 Å². The van der Waals surface area contributed by atoms with Gasteiger partial charge in [-0.2, -0.15) is 0 Å². The lowest BCUT2D eigenvalue weighted by Crippen LogP contribution is -2.56. The first-order valence-corrected chi connectivity index (χ1v) is 8.36. The number of aryl methyl sites for hydroxylation is 1. The Morgan fingerprint density at radius 3 is 2.92 bits per heavy atom. The van der Waals surface area contributed by atoms with Crippen LogP contribution in [0.25, 0.3) is 10.9 Å². The van der Waals surface area contributed by atoms with Crippen molar-refractivity contribution in [1.82, 2.24) is 9.47 Å². The first kappa shape index (κ1) is 15.6. The summed E-state index contributed by atoms with van der Waals surface area (Å²) in [5, 5.41) is 11.2. The van der Waals surface area contributed by atoms with Gasteiger partial charge in [0.2, 0.25) is 0 Å². The number of likely N-dealkylation sites (tertiary alicyclic amines) is 1. The normalized spacial score (nSPS) is 27.3. The molecule has 2 aliphatic heterocycles. The van der Waals surface area contributed by atoms with E-state index in [-0.39, 0.29) is 18.3 Å². The van der Waals surface area contributed by atoms with Crippen molar-refractivity contribution < 1.29 is 19.0 Å². The minimum Gasteiger partial charge on any atom is -0.388 e. The summed E-state index contributed by atoms with van der Waals surface area (Å²) in [6, 6.07) is 6.21. The average Bonchev–Trinajstić information content (AvgIpc) is 3.15. The van der Waals surface area contributed by atoms with Gasteiger partial charge in [-0.1, -0.05) is 0 Å². The molecule has 128 valence electrons. The standard InChI is InChI=1S/C18H21FN2O3/c1-20-14-4-3-13(19)9-12(14)10-15(20)17(23)21-7-6-18(16(22)11-21)5-2-8-24-18/h3-4,9-10,16,22H,2,5-8,11H2,1H3/t16-,18-/m0/s1. The molecule has 4 rings (SSSR count). The molecule has 5 nitrogen and oxygen atoms in total. The van der Waals surface area contributed by atoms with Crippen molar-refractivity contribution in [2.24, 2.45) is 7.05 Å².